The number of aliphatic hydroxyl groups is 1. The lowest BCUT2D eigenvalue weighted by Gasteiger charge is -2.14. The number of aryl methyl sites for hydroxylation is 3. The average Bonchev–Trinajstić information content (AvgIpc) is 2.94. The van der Waals surface area contributed by atoms with Crippen molar-refractivity contribution in [1.82, 2.24) is 5.32 Å². The third-order valence-electron chi connectivity index (χ3n) is 3.47. The zero-order valence-electron chi connectivity index (χ0n) is 13.6. The molecular weight excluding hydrogens is 320 g/mol. The van der Waals surface area contributed by atoms with Gasteiger partial charge in [-0.3, -0.25) is 4.79 Å². The molecule has 0 saturated carbocycles. The monoisotopic (exact) mass is 339 g/mol. The number of halogens is 2. The van der Waals surface area contributed by atoms with Crippen LogP contribution in [0.5, 0.6) is 5.75 Å². The average molecular weight is 339 g/mol. The number of hydrogen-bond donors (Lipinski definition) is 2. The first-order valence-corrected chi connectivity index (χ1v) is 7.36. The highest BCUT2D eigenvalue weighted by atomic mass is 19.3. The molecule has 0 radical (unpaired) electrons. The molecule has 0 spiro atoms. The minimum Gasteiger partial charge on any atom is -0.464 e. The highest BCUT2D eigenvalue weighted by Crippen LogP contribution is 2.26. The normalized spacial score (nSPS) is 12.3. The Kier molecular flexibility index (Phi) is 5.56. The SMILES string of the molecule is Cc1ccc([C@H](O)CNC(=O)c2cc(C)c(OC(F)F)c(C)c2)o1. The van der Waals surface area contributed by atoms with Crippen molar-refractivity contribution in [2.24, 2.45) is 0 Å². The topological polar surface area (TPSA) is 71.7 Å². The van der Waals surface area contributed by atoms with Gasteiger partial charge in [0.05, 0.1) is 6.54 Å². The summed E-state index contributed by atoms with van der Waals surface area (Å²) in [5, 5.41) is 12.6. The third kappa shape index (κ3) is 4.32. The first kappa shape index (κ1) is 17.9. The lowest BCUT2D eigenvalue weighted by Crippen LogP contribution is -2.28. The Morgan fingerprint density at radius 1 is 1.25 bits per heavy atom. The molecule has 7 heteroatoms. The first-order valence-electron chi connectivity index (χ1n) is 7.36. The van der Waals surface area contributed by atoms with Crippen LogP contribution in [0.2, 0.25) is 0 Å². The van der Waals surface area contributed by atoms with Gasteiger partial charge in [-0.05, 0) is 56.2 Å². The van der Waals surface area contributed by atoms with Gasteiger partial charge in [-0.15, -0.1) is 0 Å². The van der Waals surface area contributed by atoms with E-state index in [1.54, 1.807) is 32.9 Å². The van der Waals surface area contributed by atoms with Crippen LogP contribution in [0, 0.1) is 20.8 Å². The van der Waals surface area contributed by atoms with E-state index in [4.69, 9.17) is 4.42 Å². The molecule has 130 valence electrons. The predicted octanol–water partition coefficient (Wildman–Crippen LogP) is 3.27. The van der Waals surface area contributed by atoms with Crippen LogP contribution < -0.4 is 10.1 Å². The Morgan fingerprint density at radius 3 is 2.38 bits per heavy atom. The van der Waals surface area contributed by atoms with Gasteiger partial charge in [-0.1, -0.05) is 0 Å². The largest absolute Gasteiger partial charge is 0.464 e. The minimum atomic E-state index is -2.92. The minimum absolute atomic E-state index is 0.0286. The molecule has 1 amide bonds. The molecule has 1 heterocycles. The number of ether oxygens (including phenoxy) is 1. The smallest absolute Gasteiger partial charge is 0.387 e. The van der Waals surface area contributed by atoms with Crippen molar-refractivity contribution in [3.63, 3.8) is 0 Å². The van der Waals surface area contributed by atoms with E-state index >= 15 is 0 Å². The zero-order valence-corrected chi connectivity index (χ0v) is 13.6. The van der Waals surface area contributed by atoms with Gasteiger partial charge >= 0.3 is 6.61 Å². The van der Waals surface area contributed by atoms with E-state index in [1.165, 1.54) is 12.1 Å². The Balaban J connectivity index is 2.04. The number of hydrogen-bond acceptors (Lipinski definition) is 4. The van der Waals surface area contributed by atoms with Crippen molar-refractivity contribution < 1.29 is 27.8 Å². The molecule has 2 aromatic rings. The van der Waals surface area contributed by atoms with Gasteiger partial charge in [0.2, 0.25) is 0 Å². The Morgan fingerprint density at radius 2 is 1.88 bits per heavy atom. The molecule has 1 atom stereocenters. The number of alkyl halides is 2. The molecule has 0 saturated heterocycles. The zero-order chi connectivity index (χ0) is 17.9. The first-order chi connectivity index (χ1) is 11.3. The van der Waals surface area contributed by atoms with Crippen molar-refractivity contribution in [2.75, 3.05) is 6.54 Å². The highest BCUT2D eigenvalue weighted by Gasteiger charge is 2.17. The second-order valence-electron chi connectivity index (χ2n) is 5.49. The van der Waals surface area contributed by atoms with Crippen LogP contribution in [0.4, 0.5) is 8.78 Å². The maximum absolute atomic E-state index is 12.4. The van der Waals surface area contributed by atoms with Gasteiger partial charge in [-0.2, -0.15) is 8.78 Å². The Bertz CT molecular complexity index is 704. The second kappa shape index (κ2) is 7.44. The van der Waals surface area contributed by atoms with E-state index in [2.05, 4.69) is 10.1 Å². The molecule has 0 unspecified atom stereocenters. The summed E-state index contributed by atoms with van der Waals surface area (Å²) in [4.78, 5) is 12.2. The molecule has 2 N–H and O–H groups in total. The van der Waals surface area contributed by atoms with Crippen LogP contribution in [0.25, 0.3) is 0 Å². The summed E-state index contributed by atoms with van der Waals surface area (Å²) in [5.74, 6) is 0.664. The number of furan rings is 1. The van der Waals surface area contributed by atoms with Crippen molar-refractivity contribution in [3.8, 4) is 5.75 Å². The number of carbonyl (C=O) groups is 1. The number of amides is 1. The highest BCUT2D eigenvalue weighted by molar-refractivity contribution is 5.94. The number of benzene rings is 1. The van der Waals surface area contributed by atoms with E-state index in [0.29, 0.717) is 28.2 Å². The molecule has 24 heavy (non-hydrogen) atoms. The summed E-state index contributed by atoms with van der Waals surface area (Å²) < 4.78 is 34.5. The molecule has 5 nitrogen and oxygen atoms in total. The maximum Gasteiger partial charge on any atom is 0.387 e. The summed E-state index contributed by atoms with van der Waals surface area (Å²) in [6.07, 6.45) is -0.966. The molecule has 0 fully saturated rings. The lowest BCUT2D eigenvalue weighted by molar-refractivity contribution is -0.0507. The second-order valence-corrected chi connectivity index (χ2v) is 5.49. The van der Waals surface area contributed by atoms with E-state index < -0.39 is 18.6 Å². The Hall–Kier alpha value is -2.41. The maximum atomic E-state index is 12.4. The van der Waals surface area contributed by atoms with Crippen LogP contribution >= 0.6 is 0 Å². The standard InChI is InChI=1S/C17H19F2NO4/c1-9-6-12(7-10(2)15(9)24-17(18)19)16(22)20-8-13(21)14-5-4-11(3)23-14/h4-7,13,17,21H,8H2,1-3H3,(H,20,22)/t13-/m1/s1. The molecule has 1 aromatic heterocycles. The van der Waals surface area contributed by atoms with Crippen LogP contribution in [-0.2, 0) is 0 Å². The van der Waals surface area contributed by atoms with Crippen molar-refractivity contribution in [2.45, 2.75) is 33.5 Å². The number of nitrogens with one attached hydrogen (secondary N) is 1. The van der Waals surface area contributed by atoms with Gasteiger partial charge in [0.1, 0.15) is 23.4 Å². The van der Waals surface area contributed by atoms with Crippen molar-refractivity contribution in [1.29, 1.82) is 0 Å². The number of rotatable bonds is 6. The van der Waals surface area contributed by atoms with Crippen molar-refractivity contribution in [3.05, 3.63) is 52.5 Å². The van der Waals surface area contributed by atoms with Gasteiger partial charge in [0.15, 0.2) is 0 Å². The van der Waals surface area contributed by atoms with Crippen LogP contribution in [0.15, 0.2) is 28.7 Å². The molecule has 0 aliphatic heterocycles. The summed E-state index contributed by atoms with van der Waals surface area (Å²) in [6, 6.07) is 6.28. The van der Waals surface area contributed by atoms with Gasteiger partial charge in [-0.25, -0.2) is 0 Å². The molecule has 1 aromatic carbocycles. The van der Waals surface area contributed by atoms with Crippen LogP contribution in [-0.4, -0.2) is 24.2 Å². The van der Waals surface area contributed by atoms with Crippen LogP contribution in [0.3, 0.4) is 0 Å². The molecule has 0 bridgehead atoms. The number of aliphatic hydroxyl groups excluding tert-OH is 1. The quantitative estimate of drug-likeness (QED) is 0.847. The molecule has 0 aliphatic carbocycles. The van der Waals surface area contributed by atoms with E-state index in [0.717, 1.165) is 0 Å². The fraction of sp³-hybridized carbons (Fsp3) is 0.353. The fourth-order valence-corrected chi connectivity index (χ4v) is 2.38. The predicted molar refractivity (Wildman–Crippen MR) is 83.3 cm³/mol. The van der Waals surface area contributed by atoms with E-state index in [-0.39, 0.29) is 12.3 Å². The number of carbonyl (C=O) groups excluding carboxylic acids is 1. The summed E-state index contributed by atoms with van der Waals surface area (Å²) in [6.45, 7) is 1.97. The molecular formula is C17H19F2NO4. The van der Waals surface area contributed by atoms with Gasteiger partial charge < -0.3 is 19.6 Å². The summed E-state index contributed by atoms with van der Waals surface area (Å²) in [5.41, 5.74) is 1.17. The van der Waals surface area contributed by atoms with E-state index in [1.807, 2.05) is 0 Å². The molecule has 0 aliphatic rings. The van der Waals surface area contributed by atoms with E-state index in [9.17, 15) is 18.7 Å². The van der Waals surface area contributed by atoms with Crippen LogP contribution in [0.1, 0.15) is 39.1 Å². The lowest BCUT2D eigenvalue weighted by atomic mass is 10.0. The van der Waals surface area contributed by atoms with Crippen molar-refractivity contribution >= 4 is 5.91 Å². The summed E-state index contributed by atoms with van der Waals surface area (Å²) >= 11 is 0. The van der Waals surface area contributed by atoms with Gasteiger partial charge in [0.25, 0.3) is 5.91 Å². The summed E-state index contributed by atoms with van der Waals surface area (Å²) in [7, 11) is 0. The molecule has 2 rings (SSSR count). The Labute approximate surface area is 138 Å². The van der Waals surface area contributed by atoms with Gasteiger partial charge in [0, 0.05) is 5.56 Å². The third-order valence-corrected chi connectivity index (χ3v) is 3.47. The fourth-order valence-electron chi connectivity index (χ4n) is 2.38.